The summed E-state index contributed by atoms with van der Waals surface area (Å²) in [6.07, 6.45) is 0.998. The highest BCUT2D eigenvalue weighted by Gasteiger charge is 2.18. The third kappa shape index (κ3) is 4.41. The Morgan fingerprint density at radius 1 is 1.17 bits per heavy atom. The van der Waals surface area contributed by atoms with Crippen LogP contribution < -0.4 is 10.1 Å². The number of anilines is 1. The third-order valence-electron chi connectivity index (χ3n) is 4.48. The second kappa shape index (κ2) is 8.60. The van der Waals surface area contributed by atoms with Crippen LogP contribution in [0.1, 0.15) is 12.5 Å². The molecule has 0 aliphatic rings. The van der Waals surface area contributed by atoms with Crippen molar-refractivity contribution in [3.05, 3.63) is 70.3 Å². The number of nitrogens with one attached hydrogen (secondary N) is 1. The van der Waals surface area contributed by atoms with Gasteiger partial charge in [0.05, 0.1) is 5.02 Å². The highest BCUT2D eigenvalue weighted by atomic mass is 35.5. The van der Waals surface area contributed by atoms with E-state index in [0.717, 1.165) is 26.5 Å². The molecule has 5 nitrogen and oxygen atoms in total. The number of aromatic nitrogens is 2. The monoisotopic (exact) mass is 457 g/mol. The molecule has 2 aromatic carbocycles. The van der Waals surface area contributed by atoms with Crippen molar-refractivity contribution in [3.63, 3.8) is 0 Å². The molecule has 0 aliphatic carbocycles. The number of benzene rings is 2. The summed E-state index contributed by atoms with van der Waals surface area (Å²) in [6.45, 7) is 3.60. The van der Waals surface area contributed by atoms with Crippen molar-refractivity contribution in [2.24, 2.45) is 0 Å². The van der Waals surface area contributed by atoms with Gasteiger partial charge >= 0.3 is 0 Å². The van der Waals surface area contributed by atoms with Crippen LogP contribution in [0.4, 0.5) is 5.69 Å². The van der Waals surface area contributed by atoms with Crippen LogP contribution >= 0.6 is 34.5 Å². The van der Waals surface area contributed by atoms with Crippen LogP contribution in [0.15, 0.2) is 54.7 Å². The number of pyridine rings is 1. The molecule has 1 N–H and O–H groups in total. The molecule has 0 saturated carbocycles. The van der Waals surface area contributed by atoms with Gasteiger partial charge in [-0.15, -0.1) is 0 Å². The summed E-state index contributed by atoms with van der Waals surface area (Å²) in [5, 5.41) is 4.63. The maximum atomic E-state index is 12.7. The first kappa shape index (κ1) is 20.6. The van der Waals surface area contributed by atoms with Crippen LogP contribution in [-0.2, 0) is 4.79 Å². The summed E-state index contributed by atoms with van der Waals surface area (Å²) in [5.74, 6) is 0.114. The molecule has 4 aromatic rings. The number of aryl methyl sites for hydroxylation is 1. The summed E-state index contributed by atoms with van der Waals surface area (Å²) in [4.78, 5) is 22.6. The summed E-state index contributed by atoms with van der Waals surface area (Å²) >= 11 is 13.5. The Kier molecular flexibility index (Phi) is 5.90. The topological polar surface area (TPSA) is 64.1 Å². The molecule has 4 rings (SSSR count). The first-order valence-corrected chi connectivity index (χ1v) is 10.7. The van der Waals surface area contributed by atoms with Crippen molar-refractivity contribution in [1.29, 1.82) is 0 Å². The quantitative estimate of drug-likeness (QED) is 0.377. The molecule has 1 atom stereocenters. The van der Waals surface area contributed by atoms with Gasteiger partial charge in [-0.3, -0.25) is 4.79 Å². The molecule has 30 heavy (non-hydrogen) atoms. The molecular weight excluding hydrogens is 441 g/mol. The standard InChI is InChI=1S/C22H17Cl2N3O2S/c1-12-5-6-14(21-27-17-4-3-9-25-22(17)30-21)10-18(12)26-20(28)13(2)29-19-8-7-15(23)11-16(19)24/h3-11,13H,1-2H3,(H,26,28). The van der Waals surface area contributed by atoms with Crippen LogP contribution in [0.3, 0.4) is 0 Å². The van der Waals surface area contributed by atoms with Gasteiger partial charge in [-0.1, -0.05) is 46.7 Å². The van der Waals surface area contributed by atoms with Crippen LogP contribution in [0.2, 0.25) is 10.0 Å². The van der Waals surface area contributed by atoms with Crippen LogP contribution in [0, 0.1) is 6.92 Å². The SMILES string of the molecule is Cc1ccc(-c2nc3cccnc3s2)cc1NC(=O)C(C)Oc1ccc(Cl)cc1Cl. The first-order valence-electron chi connectivity index (χ1n) is 9.16. The predicted molar refractivity (Wildman–Crippen MR) is 123 cm³/mol. The van der Waals surface area contributed by atoms with E-state index in [1.807, 2.05) is 37.3 Å². The second-order valence-corrected chi connectivity index (χ2v) is 8.52. The number of carbonyl (C=O) groups is 1. The summed E-state index contributed by atoms with van der Waals surface area (Å²) in [6, 6.07) is 14.5. The number of hydrogen-bond donors (Lipinski definition) is 1. The van der Waals surface area contributed by atoms with E-state index in [1.54, 1.807) is 31.3 Å². The third-order valence-corrected chi connectivity index (χ3v) is 6.03. The lowest BCUT2D eigenvalue weighted by Gasteiger charge is -2.17. The fourth-order valence-corrected chi connectivity index (χ4v) is 4.19. The van der Waals surface area contributed by atoms with Gasteiger partial charge in [0.1, 0.15) is 21.1 Å². The summed E-state index contributed by atoms with van der Waals surface area (Å²) in [7, 11) is 0. The number of halogens is 2. The van der Waals surface area contributed by atoms with E-state index in [-0.39, 0.29) is 5.91 Å². The molecule has 0 saturated heterocycles. The van der Waals surface area contributed by atoms with Gasteiger partial charge in [-0.2, -0.15) is 0 Å². The van der Waals surface area contributed by atoms with Crippen LogP contribution in [-0.4, -0.2) is 22.0 Å². The zero-order valence-corrected chi connectivity index (χ0v) is 18.5. The molecule has 0 spiro atoms. The lowest BCUT2D eigenvalue weighted by molar-refractivity contribution is -0.122. The maximum Gasteiger partial charge on any atom is 0.265 e. The van der Waals surface area contributed by atoms with Gasteiger partial charge in [-0.25, -0.2) is 9.97 Å². The fourth-order valence-electron chi connectivity index (χ4n) is 2.83. The molecule has 0 radical (unpaired) electrons. The van der Waals surface area contributed by atoms with Crippen molar-refractivity contribution in [3.8, 4) is 16.3 Å². The predicted octanol–water partition coefficient (Wildman–Crippen LogP) is 6.38. The largest absolute Gasteiger partial charge is 0.479 e. The molecule has 1 amide bonds. The minimum Gasteiger partial charge on any atom is -0.479 e. The lowest BCUT2D eigenvalue weighted by atomic mass is 10.1. The van der Waals surface area contributed by atoms with Gasteiger partial charge < -0.3 is 10.1 Å². The van der Waals surface area contributed by atoms with Crippen molar-refractivity contribution >= 4 is 56.5 Å². The van der Waals surface area contributed by atoms with Crippen molar-refractivity contribution in [1.82, 2.24) is 9.97 Å². The minimum absolute atomic E-state index is 0.285. The van der Waals surface area contributed by atoms with E-state index in [2.05, 4.69) is 15.3 Å². The van der Waals surface area contributed by atoms with Crippen molar-refractivity contribution in [2.45, 2.75) is 20.0 Å². The molecule has 0 fully saturated rings. The van der Waals surface area contributed by atoms with Crippen LogP contribution in [0.5, 0.6) is 5.75 Å². The first-order chi connectivity index (χ1) is 14.4. The Hall–Kier alpha value is -2.67. The Balaban J connectivity index is 1.53. The maximum absolute atomic E-state index is 12.7. The summed E-state index contributed by atoms with van der Waals surface area (Å²) in [5.41, 5.74) is 3.39. The van der Waals surface area contributed by atoms with E-state index in [0.29, 0.717) is 21.5 Å². The highest BCUT2D eigenvalue weighted by Crippen LogP contribution is 2.32. The molecule has 2 aromatic heterocycles. The smallest absolute Gasteiger partial charge is 0.265 e. The minimum atomic E-state index is -0.751. The Morgan fingerprint density at radius 2 is 2.00 bits per heavy atom. The van der Waals surface area contributed by atoms with Crippen LogP contribution in [0.25, 0.3) is 20.9 Å². The number of ether oxygens (including phenoxy) is 1. The van der Waals surface area contributed by atoms with E-state index >= 15 is 0 Å². The molecule has 1 unspecified atom stereocenters. The Labute approximate surface area is 187 Å². The second-order valence-electron chi connectivity index (χ2n) is 6.70. The van der Waals surface area contributed by atoms with E-state index in [1.165, 1.54) is 11.3 Å². The number of nitrogens with zero attached hydrogens (tertiary/aromatic N) is 2. The average Bonchev–Trinajstić information content (AvgIpc) is 3.16. The summed E-state index contributed by atoms with van der Waals surface area (Å²) < 4.78 is 5.71. The fraction of sp³-hybridized carbons (Fsp3) is 0.136. The number of fused-ring (bicyclic) bond motifs is 1. The van der Waals surface area contributed by atoms with Gasteiger partial charge in [0.2, 0.25) is 0 Å². The van der Waals surface area contributed by atoms with Crippen molar-refractivity contribution in [2.75, 3.05) is 5.32 Å². The lowest BCUT2D eigenvalue weighted by Crippen LogP contribution is -2.30. The number of hydrogen-bond acceptors (Lipinski definition) is 5. The molecule has 0 bridgehead atoms. The molecule has 152 valence electrons. The van der Waals surface area contributed by atoms with E-state index < -0.39 is 6.10 Å². The highest BCUT2D eigenvalue weighted by molar-refractivity contribution is 7.21. The number of thiazole rings is 1. The zero-order valence-electron chi connectivity index (χ0n) is 16.1. The Morgan fingerprint density at radius 3 is 2.77 bits per heavy atom. The normalized spacial score (nSPS) is 12.0. The van der Waals surface area contributed by atoms with Crippen molar-refractivity contribution < 1.29 is 9.53 Å². The van der Waals surface area contributed by atoms with Gasteiger partial charge in [0, 0.05) is 22.5 Å². The number of carbonyl (C=O) groups excluding carboxylic acids is 1. The molecule has 2 heterocycles. The molecular formula is C22H17Cl2N3O2S. The van der Waals surface area contributed by atoms with E-state index in [9.17, 15) is 4.79 Å². The number of amides is 1. The molecule has 0 aliphatic heterocycles. The molecule has 8 heteroatoms. The number of rotatable bonds is 5. The van der Waals surface area contributed by atoms with Gasteiger partial charge in [0.15, 0.2) is 6.10 Å². The van der Waals surface area contributed by atoms with E-state index in [4.69, 9.17) is 27.9 Å². The van der Waals surface area contributed by atoms with Gasteiger partial charge in [0.25, 0.3) is 5.91 Å². The average molecular weight is 458 g/mol. The van der Waals surface area contributed by atoms with Gasteiger partial charge in [-0.05, 0) is 55.8 Å². The Bertz CT molecular complexity index is 1210. The zero-order chi connectivity index (χ0) is 21.3.